The molecule has 1 amide bonds. The second kappa shape index (κ2) is 8.28. The van der Waals surface area contributed by atoms with E-state index in [1.54, 1.807) is 12.0 Å². The summed E-state index contributed by atoms with van der Waals surface area (Å²) in [5.74, 6) is 0.458. The number of nitrogens with zero attached hydrogens (tertiary/aromatic N) is 1. The Bertz CT molecular complexity index is 933. The van der Waals surface area contributed by atoms with E-state index < -0.39 is 5.79 Å². The number of hydrogen-bond donors (Lipinski definition) is 0. The van der Waals surface area contributed by atoms with E-state index in [-0.39, 0.29) is 5.91 Å². The Morgan fingerprint density at radius 3 is 2.60 bits per heavy atom. The van der Waals surface area contributed by atoms with Gasteiger partial charge in [-0.3, -0.25) is 4.79 Å². The number of hydrogen-bond acceptors (Lipinski definition) is 5. The van der Waals surface area contributed by atoms with Crippen LogP contribution in [0.2, 0.25) is 0 Å². The van der Waals surface area contributed by atoms with E-state index in [1.807, 2.05) is 43.3 Å². The van der Waals surface area contributed by atoms with Crippen molar-refractivity contribution in [3.63, 3.8) is 0 Å². The molecule has 0 N–H and O–H groups in total. The molecule has 0 unspecified atom stereocenters. The van der Waals surface area contributed by atoms with E-state index in [0.717, 1.165) is 28.8 Å². The van der Waals surface area contributed by atoms with Gasteiger partial charge in [-0.1, -0.05) is 38.1 Å². The van der Waals surface area contributed by atoms with Crippen molar-refractivity contribution in [3.8, 4) is 11.5 Å². The van der Waals surface area contributed by atoms with Crippen molar-refractivity contribution < 1.29 is 23.7 Å². The molecule has 4 rings (SSSR count). The lowest BCUT2D eigenvalue weighted by molar-refractivity contribution is -0.180. The summed E-state index contributed by atoms with van der Waals surface area (Å²) < 4.78 is 23.1. The van der Waals surface area contributed by atoms with Gasteiger partial charge in [0.05, 0.1) is 39.2 Å². The zero-order chi connectivity index (χ0) is 21.3. The largest absolute Gasteiger partial charge is 0.493 e. The Labute approximate surface area is 177 Å². The SMILES string of the molecule is COc1cc(CN2C(=O)C3(OCCO3)c3cccc(C)c32)ccc1OCCC(C)C. The third-order valence-electron chi connectivity index (χ3n) is 5.60. The number of methoxy groups -OCH3 is 1. The van der Waals surface area contributed by atoms with Crippen LogP contribution < -0.4 is 14.4 Å². The number of fused-ring (bicyclic) bond motifs is 2. The van der Waals surface area contributed by atoms with Crippen molar-refractivity contribution in [3.05, 3.63) is 53.1 Å². The van der Waals surface area contributed by atoms with E-state index in [2.05, 4.69) is 13.8 Å². The highest BCUT2D eigenvalue weighted by molar-refractivity contribution is 6.06. The van der Waals surface area contributed by atoms with Gasteiger partial charge in [-0.25, -0.2) is 0 Å². The van der Waals surface area contributed by atoms with Gasteiger partial charge in [0.15, 0.2) is 11.5 Å². The number of aryl methyl sites for hydroxylation is 1. The second-order valence-electron chi connectivity index (χ2n) is 8.19. The van der Waals surface area contributed by atoms with Gasteiger partial charge in [0.25, 0.3) is 11.7 Å². The Hall–Kier alpha value is -2.57. The molecule has 0 radical (unpaired) electrons. The van der Waals surface area contributed by atoms with Crippen LogP contribution in [0.5, 0.6) is 11.5 Å². The first-order chi connectivity index (χ1) is 14.5. The summed E-state index contributed by atoms with van der Waals surface area (Å²) in [4.78, 5) is 15.1. The fraction of sp³-hybridized carbons (Fsp3) is 0.458. The van der Waals surface area contributed by atoms with Gasteiger partial charge in [-0.05, 0) is 42.5 Å². The molecule has 30 heavy (non-hydrogen) atoms. The average Bonchev–Trinajstić information content (AvgIpc) is 3.30. The Kier molecular flexibility index (Phi) is 5.71. The molecule has 1 saturated heterocycles. The fourth-order valence-corrected chi connectivity index (χ4v) is 4.04. The maximum absolute atomic E-state index is 13.4. The summed E-state index contributed by atoms with van der Waals surface area (Å²) in [5, 5.41) is 0. The molecule has 6 nitrogen and oxygen atoms in total. The van der Waals surface area contributed by atoms with Gasteiger partial charge in [-0.15, -0.1) is 0 Å². The minimum Gasteiger partial charge on any atom is -0.493 e. The predicted molar refractivity (Wildman–Crippen MR) is 114 cm³/mol. The van der Waals surface area contributed by atoms with Gasteiger partial charge >= 0.3 is 0 Å². The Morgan fingerprint density at radius 2 is 1.90 bits per heavy atom. The quantitative estimate of drug-likeness (QED) is 0.684. The molecule has 2 aromatic rings. The molecular weight excluding hydrogens is 382 g/mol. The molecular formula is C24H29NO5. The highest BCUT2D eigenvalue weighted by atomic mass is 16.7. The zero-order valence-corrected chi connectivity index (χ0v) is 18.1. The molecule has 0 bridgehead atoms. The third-order valence-corrected chi connectivity index (χ3v) is 5.60. The van der Waals surface area contributed by atoms with Crippen LogP contribution >= 0.6 is 0 Å². The van der Waals surface area contributed by atoms with Crippen molar-refractivity contribution in [2.45, 2.75) is 39.5 Å². The summed E-state index contributed by atoms with van der Waals surface area (Å²) in [5.41, 5.74) is 3.60. The van der Waals surface area contributed by atoms with Crippen LogP contribution in [0.15, 0.2) is 36.4 Å². The normalized spacial score (nSPS) is 17.1. The molecule has 0 aromatic heterocycles. The lowest BCUT2D eigenvalue weighted by atomic mass is 10.0. The van der Waals surface area contributed by atoms with Crippen LogP contribution in [0, 0.1) is 12.8 Å². The highest BCUT2D eigenvalue weighted by Gasteiger charge is 2.56. The summed E-state index contributed by atoms with van der Waals surface area (Å²) in [6.07, 6.45) is 0.978. The van der Waals surface area contributed by atoms with Gasteiger partial charge in [0.1, 0.15) is 0 Å². The number of anilines is 1. The number of carbonyl (C=O) groups excluding carboxylic acids is 1. The van der Waals surface area contributed by atoms with E-state index in [0.29, 0.717) is 43.8 Å². The van der Waals surface area contributed by atoms with E-state index in [9.17, 15) is 4.79 Å². The lowest BCUT2D eigenvalue weighted by Crippen LogP contribution is -2.40. The van der Waals surface area contributed by atoms with E-state index in [4.69, 9.17) is 18.9 Å². The van der Waals surface area contributed by atoms with Gasteiger partial charge in [0, 0.05) is 5.56 Å². The van der Waals surface area contributed by atoms with Crippen LogP contribution in [0.3, 0.4) is 0 Å². The maximum atomic E-state index is 13.4. The minimum atomic E-state index is -1.31. The molecule has 2 heterocycles. The molecule has 1 fully saturated rings. The van der Waals surface area contributed by atoms with Crippen LogP contribution in [0.1, 0.15) is 37.0 Å². The van der Waals surface area contributed by atoms with Crippen molar-refractivity contribution in [2.24, 2.45) is 5.92 Å². The monoisotopic (exact) mass is 411 g/mol. The van der Waals surface area contributed by atoms with Gasteiger partial charge in [0.2, 0.25) is 0 Å². The molecule has 2 aliphatic rings. The molecule has 2 aliphatic heterocycles. The van der Waals surface area contributed by atoms with Crippen LogP contribution in [0.25, 0.3) is 0 Å². The van der Waals surface area contributed by atoms with Gasteiger partial charge < -0.3 is 23.8 Å². The molecule has 2 aromatic carbocycles. The number of carbonyl (C=O) groups is 1. The lowest BCUT2D eigenvalue weighted by Gasteiger charge is -2.22. The third kappa shape index (κ3) is 3.55. The van der Waals surface area contributed by atoms with Crippen molar-refractivity contribution in [1.82, 2.24) is 0 Å². The number of para-hydroxylation sites is 1. The summed E-state index contributed by atoms with van der Waals surface area (Å²) >= 11 is 0. The van der Waals surface area contributed by atoms with Crippen molar-refractivity contribution in [1.29, 1.82) is 0 Å². The smallest absolute Gasteiger partial charge is 0.292 e. The molecule has 1 spiro atoms. The maximum Gasteiger partial charge on any atom is 0.292 e. The molecule has 0 aliphatic carbocycles. The molecule has 160 valence electrons. The first kappa shape index (κ1) is 20.7. The standard InChI is InChI=1S/C24H29NO5/c1-16(2)10-11-28-20-9-8-18(14-21(20)27-4)15-25-22-17(3)6-5-7-19(22)24(23(25)26)29-12-13-30-24/h5-9,14,16H,10-13,15H2,1-4H3. The fourth-order valence-electron chi connectivity index (χ4n) is 4.04. The Balaban J connectivity index is 1.61. The average molecular weight is 411 g/mol. The molecule has 0 saturated carbocycles. The minimum absolute atomic E-state index is 0.180. The number of benzene rings is 2. The molecule has 6 heteroatoms. The first-order valence-electron chi connectivity index (χ1n) is 10.5. The summed E-state index contributed by atoms with van der Waals surface area (Å²) in [7, 11) is 1.63. The number of rotatable bonds is 7. The van der Waals surface area contributed by atoms with Crippen LogP contribution in [0.4, 0.5) is 5.69 Å². The van der Waals surface area contributed by atoms with Crippen LogP contribution in [-0.4, -0.2) is 32.8 Å². The highest BCUT2D eigenvalue weighted by Crippen LogP contribution is 2.47. The number of ether oxygens (including phenoxy) is 4. The van der Waals surface area contributed by atoms with Crippen LogP contribution in [-0.2, 0) is 26.6 Å². The van der Waals surface area contributed by atoms with Gasteiger partial charge in [-0.2, -0.15) is 0 Å². The second-order valence-corrected chi connectivity index (χ2v) is 8.19. The molecule has 0 atom stereocenters. The summed E-state index contributed by atoms with van der Waals surface area (Å²) in [6.45, 7) is 8.18. The van der Waals surface area contributed by atoms with E-state index in [1.165, 1.54) is 0 Å². The Morgan fingerprint density at radius 1 is 1.13 bits per heavy atom. The zero-order valence-electron chi connectivity index (χ0n) is 18.1. The van der Waals surface area contributed by atoms with Crippen molar-refractivity contribution in [2.75, 3.05) is 31.8 Å². The number of amides is 1. The summed E-state index contributed by atoms with van der Waals surface area (Å²) in [6, 6.07) is 11.7. The predicted octanol–water partition coefficient (Wildman–Crippen LogP) is 4.17. The van der Waals surface area contributed by atoms with Crippen molar-refractivity contribution >= 4 is 11.6 Å². The topological polar surface area (TPSA) is 57.2 Å². The van der Waals surface area contributed by atoms with E-state index >= 15 is 0 Å². The first-order valence-corrected chi connectivity index (χ1v) is 10.5.